The highest BCUT2D eigenvalue weighted by Gasteiger charge is 2.79. The fourth-order valence-corrected chi connectivity index (χ4v) is 4.88. The Hall–Kier alpha value is -3.41. The largest absolute Gasteiger partial charge is 0.465 e. The number of esters is 1. The maximum atomic E-state index is 11.8. The molecule has 2 saturated heterocycles. The normalized spacial score (nSPS) is 31.0. The van der Waals surface area contributed by atoms with Gasteiger partial charge >= 0.3 is 5.97 Å². The minimum atomic E-state index is -2.00. The Bertz CT molecular complexity index is 986. The van der Waals surface area contributed by atoms with Crippen LogP contribution in [0.2, 0.25) is 0 Å². The molecule has 2 heterocycles. The number of nitrogens with one attached hydrogen (secondary N) is 1. The number of hydrogen-bond donors (Lipinski definition) is 1. The van der Waals surface area contributed by atoms with Gasteiger partial charge in [0.25, 0.3) is 0 Å². The third-order valence-corrected chi connectivity index (χ3v) is 6.19. The van der Waals surface area contributed by atoms with Crippen LogP contribution in [0.3, 0.4) is 0 Å². The number of rotatable bonds is 5. The van der Waals surface area contributed by atoms with Crippen molar-refractivity contribution in [2.75, 3.05) is 7.11 Å². The molecular formula is C22H22N4O4. The third kappa shape index (κ3) is 2.46. The summed E-state index contributed by atoms with van der Waals surface area (Å²) in [6.45, 7) is 3.76. The first-order chi connectivity index (χ1) is 14.4. The first-order valence-corrected chi connectivity index (χ1v) is 9.74. The van der Waals surface area contributed by atoms with Crippen LogP contribution >= 0.6 is 0 Å². The summed E-state index contributed by atoms with van der Waals surface area (Å²) in [6.07, 6.45) is 0.317. The quantitative estimate of drug-likeness (QED) is 0.736. The van der Waals surface area contributed by atoms with Gasteiger partial charge in [-0.3, -0.25) is 5.41 Å². The van der Waals surface area contributed by atoms with Crippen LogP contribution in [0.25, 0.3) is 0 Å². The average molecular weight is 406 g/mol. The Morgan fingerprint density at radius 3 is 2.27 bits per heavy atom. The van der Waals surface area contributed by atoms with E-state index in [-0.39, 0.29) is 0 Å². The Balaban J connectivity index is 2.25. The number of methoxy groups -OCH3 is 1. The van der Waals surface area contributed by atoms with Gasteiger partial charge in [-0.05, 0) is 30.5 Å². The number of carbonyl (C=O) groups is 1. The molecule has 0 aliphatic carbocycles. The van der Waals surface area contributed by atoms with Crippen LogP contribution in [0.4, 0.5) is 0 Å². The highest BCUT2D eigenvalue weighted by atomic mass is 16.7. The van der Waals surface area contributed by atoms with Crippen LogP contribution in [0.5, 0.6) is 0 Å². The van der Waals surface area contributed by atoms with Crippen LogP contribution in [0, 0.1) is 56.2 Å². The van der Waals surface area contributed by atoms with Gasteiger partial charge < -0.3 is 14.2 Å². The molecule has 1 N–H and O–H groups in total. The molecule has 4 atom stereocenters. The van der Waals surface area contributed by atoms with Crippen molar-refractivity contribution in [1.29, 1.82) is 21.2 Å². The molecule has 0 amide bonds. The fraction of sp³-hybridized carbons (Fsp3) is 0.500. The molecule has 1 aromatic carbocycles. The lowest BCUT2D eigenvalue weighted by Gasteiger charge is -2.49. The maximum absolute atomic E-state index is 11.8. The van der Waals surface area contributed by atoms with Gasteiger partial charge in [-0.25, -0.2) is 4.79 Å². The summed E-state index contributed by atoms with van der Waals surface area (Å²) in [5, 5.41) is 39.1. The summed E-state index contributed by atoms with van der Waals surface area (Å²) in [5.74, 6) is -2.85. The first kappa shape index (κ1) is 21.3. The van der Waals surface area contributed by atoms with Crippen LogP contribution < -0.4 is 0 Å². The van der Waals surface area contributed by atoms with E-state index in [4.69, 9.17) is 19.6 Å². The van der Waals surface area contributed by atoms with Crippen molar-refractivity contribution in [3.05, 3.63) is 35.4 Å². The van der Waals surface area contributed by atoms with Crippen molar-refractivity contribution in [2.45, 2.75) is 45.0 Å². The Morgan fingerprint density at radius 1 is 1.17 bits per heavy atom. The van der Waals surface area contributed by atoms with Gasteiger partial charge in [0.05, 0.1) is 36.8 Å². The second-order valence-corrected chi connectivity index (χ2v) is 7.52. The van der Waals surface area contributed by atoms with E-state index in [9.17, 15) is 20.6 Å². The molecule has 0 aromatic heterocycles. The van der Waals surface area contributed by atoms with Crippen LogP contribution in [-0.4, -0.2) is 24.8 Å². The van der Waals surface area contributed by atoms with Crippen LogP contribution in [0.15, 0.2) is 24.3 Å². The van der Waals surface area contributed by atoms with E-state index in [1.807, 2.05) is 26.0 Å². The lowest BCUT2D eigenvalue weighted by Crippen LogP contribution is -2.59. The Kier molecular flexibility index (Phi) is 5.29. The molecule has 1 aromatic rings. The molecule has 2 bridgehead atoms. The Morgan fingerprint density at radius 2 is 1.80 bits per heavy atom. The topological polar surface area (TPSA) is 140 Å². The number of fused-ring (bicyclic) bond motifs is 2. The lowest BCUT2D eigenvalue weighted by atomic mass is 9.52. The van der Waals surface area contributed by atoms with Gasteiger partial charge in [0, 0.05) is 6.42 Å². The van der Waals surface area contributed by atoms with Gasteiger partial charge in [0.15, 0.2) is 5.41 Å². The molecule has 2 aliphatic rings. The Labute approximate surface area is 175 Å². The highest BCUT2D eigenvalue weighted by Crippen LogP contribution is 2.68. The maximum Gasteiger partial charge on any atom is 0.337 e. The summed E-state index contributed by atoms with van der Waals surface area (Å²) >= 11 is 0. The lowest BCUT2D eigenvalue weighted by molar-refractivity contribution is -0.286. The van der Waals surface area contributed by atoms with E-state index in [1.54, 1.807) is 12.1 Å². The van der Waals surface area contributed by atoms with Gasteiger partial charge in [0.2, 0.25) is 17.1 Å². The minimum Gasteiger partial charge on any atom is -0.465 e. The smallest absolute Gasteiger partial charge is 0.337 e. The molecule has 30 heavy (non-hydrogen) atoms. The van der Waals surface area contributed by atoms with E-state index in [1.165, 1.54) is 19.2 Å². The molecule has 2 aliphatic heterocycles. The predicted molar refractivity (Wildman–Crippen MR) is 104 cm³/mol. The average Bonchev–Trinajstić information content (AvgIpc) is 2.96. The van der Waals surface area contributed by atoms with E-state index in [0.717, 1.165) is 0 Å². The van der Waals surface area contributed by atoms with E-state index in [0.29, 0.717) is 30.4 Å². The number of ether oxygens (including phenoxy) is 3. The van der Waals surface area contributed by atoms with Crippen LogP contribution in [0.1, 0.15) is 55.1 Å². The van der Waals surface area contributed by atoms with Crippen molar-refractivity contribution in [3.8, 4) is 18.2 Å². The zero-order chi connectivity index (χ0) is 22.2. The van der Waals surface area contributed by atoms with Gasteiger partial charge in [-0.1, -0.05) is 26.0 Å². The number of nitrogens with zero attached hydrogens (tertiary/aromatic N) is 3. The number of benzene rings is 1. The zero-order valence-electron chi connectivity index (χ0n) is 17.1. The second-order valence-electron chi connectivity index (χ2n) is 7.52. The zero-order valence-corrected chi connectivity index (χ0v) is 17.1. The van der Waals surface area contributed by atoms with Crippen molar-refractivity contribution in [2.24, 2.45) is 16.7 Å². The van der Waals surface area contributed by atoms with Gasteiger partial charge in [-0.15, -0.1) is 0 Å². The third-order valence-electron chi connectivity index (χ3n) is 6.19. The predicted octanol–water partition coefficient (Wildman–Crippen LogP) is 3.62. The summed E-state index contributed by atoms with van der Waals surface area (Å²) in [7, 11) is 1.27. The van der Waals surface area contributed by atoms with Crippen molar-refractivity contribution < 1.29 is 19.0 Å². The minimum absolute atomic E-state index is 0.299. The summed E-state index contributed by atoms with van der Waals surface area (Å²) in [4.78, 5) is 11.8. The number of carbonyl (C=O) groups excluding carboxylic acids is 1. The SMILES string of the molecule is CCCC12OC(=N)C(C#N)(C1CC)C(C#N)(C#N)C(c1ccc(C(=O)OC)cc1)O2. The van der Waals surface area contributed by atoms with Gasteiger partial charge in [-0.2, -0.15) is 15.8 Å². The number of nitriles is 3. The molecule has 8 heteroatoms. The van der Waals surface area contributed by atoms with E-state index < -0.39 is 40.5 Å². The molecule has 3 rings (SSSR count). The van der Waals surface area contributed by atoms with E-state index >= 15 is 0 Å². The summed E-state index contributed by atoms with van der Waals surface area (Å²) in [5.41, 5.74) is -3.03. The molecule has 154 valence electrons. The monoisotopic (exact) mass is 406 g/mol. The highest BCUT2D eigenvalue weighted by molar-refractivity contribution is 5.90. The van der Waals surface area contributed by atoms with Crippen molar-refractivity contribution >= 4 is 11.9 Å². The van der Waals surface area contributed by atoms with Gasteiger partial charge in [0.1, 0.15) is 6.10 Å². The second kappa shape index (κ2) is 7.44. The van der Waals surface area contributed by atoms with Crippen LogP contribution in [-0.2, 0) is 14.2 Å². The molecule has 0 saturated carbocycles. The molecule has 8 nitrogen and oxygen atoms in total. The van der Waals surface area contributed by atoms with E-state index in [2.05, 4.69) is 6.07 Å². The fourth-order valence-electron chi connectivity index (χ4n) is 4.88. The van der Waals surface area contributed by atoms with Crippen molar-refractivity contribution in [3.63, 3.8) is 0 Å². The molecule has 2 fully saturated rings. The molecule has 4 unspecified atom stereocenters. The van der Waals surface area contributed by atoms with Crippen molar-refractivity contribution in [1.82, 2.24) is 0 Å². The number of hydrogen-bond acceptors (Lipinski definition) is 8. The molecular weight excluding hydrogens is 384 g/mol. The summed E-state index contributed by atoms with van der Waals surface area (Å²) in [6, 6.07) is 12.3. The molecule has 0 spiro atoms. The summed E-state index contributed by atoms with van der Waals surface area (Å²) < 4.78 is 16.9. The standard InChI is InChI=1S/C22H22N4O4/c1-4-10-22-16(5-2)21(13-25,19(26)30-22)20(11-23,12-24)17(29-22)14-6-8-15(9-7-14)18(27)28-3/h6-9,16-17,26H,4-5,10H2,1-3H3. The molecule has 0 radical (unpaired) electrons. The first-order valence-electron chi connectivity index (χ1n) is 9.74.